The second kappa shape index (κ2) is 41.2. The second-order valence-corrected chi connectivity index (χ2v) is 41.5. The van der Waals surface area contributed by atoms with E-state index in [1.165, 1.54) is 210 Å². The Bertz CT molecular complexity index is 4400. The van der Waals surface area contributed by atoms with Crippen molar-refractivity contribution in [3.05, 3.63) is 237 Å². The maximum Gasteiger partial charge on any atom is 0.131 e. The van der Waals surface area contributed by atoms with E-state index in [1.54, 1.807) is 23.5 Å². The Balaban J connectivity index is 0.000000145. The van der Waals surface area contributed by atoms with E-state index in [1.807, 2.05) is 30.3 Å². The van der Waals surface area contributed by atoms with Crippen molar-refractivity contribution in [2.24, 2.45) is 19.7 Å². The molecule has 12 heteroatoms. The molecule has 0 amide bonds. The smallest absolute Gasteiger partial charge is 0.131 e. The molecule has 632 valence electrons. The van der Waals surface area contributed by atoms with E-state index in [-0.39, 0.29) is 5.41 Å². The fourth-order valence-electron chi connectivity index (χ4n) is 21.0. The largest absolute Gasteiger partial charge is 0.670 e. The van der Waals surface area contributed by atoms with Crippen molar-refractivity contribution in [2.45, 2.75) is 304 Å². The van der Waals surface area contributed by atoms with Crippen molar-refractivity contribution in [3.63, 3.8) is 0 Å². The predicted molar refractivity (Wildman–Crippen MR) is 493 cm³/mol. The van der Waals surface area contributed by atoms with Crippen molar-refractivity contribution >= 4 is 33.3 Å². The summed E-state index contributed by atoms with van der Waals surface area (Å²) in [5.41, 5.74) is 17.2. The van der Waals surface area contributed by atoms with E-state index in [0.717, 1.165) is 55.5 Å². The fraction of sp³-hybridized carbons (Fsp3) is 0.552. The van der Waals surface area contributed by atoms with Crippen LogP contribution in [0.3, 0.4) is 0 Å². The van der Waals surface area contributed by atoms with E-state index in [9.17, 15) is 5.11 Å². The van der Waals surface area contributed by atoms with Crippen LogP contribution in [0.15, 0.2) is 171 Å². The van der Waals surface area contributed by atoms with Crippen LogP contribution in [-0.4, -0.2) is 93.5 Å². The number of allylic oxidation sites excluding steroid dienone is 6. The number of hydrogen-bond acceptors (Lipinski definition) is 8. The maximum atomic E-state index is 12.1. The average molecular weight is 1790 g/mol. The number of piperidine rings is 2. The minimum atomic E-state index is -0.850. The first-order valence-electron chi connectivity index (χ1n) is 45.5. The van der Waals surface area contributed by atoms with Crippen LogP contribution < -0.4 is 4.98 Å². The van der Waals surface area contributed by atoms with E-state index in [0.29, 0.717) is 98.1 Å². The number of para-hydroxylation sites is 1. The van der Waals surface area contributed by atoms with Gasteiger partial charge in [0.05, 0.1) is 12.1 Å². The molecule has 4 fully saturated rings. The van der Waals surface area contributed by atoms with Crippen LogP contribution in [0.1, 0.15) is 346 Å². The number of hydrogen-bond donors (Lipinski definition) is 1. The maximum absolute atomic E-state index is 12.1. The molecule has 2 spiro atoms. The summed E-state index contributed by atoms with van der Waals surface area (Å²) < 4.78 is 20.2. The van der Waals surface area contributed by atoms with E-state index >= 15 is 0 Å². The standard InChI is InChI=1S/C36H50O.C28H40N2O.C26H36N2O.C6H3Cl2N.C5H10.C4H4N.W/c1-20(2)26-16-30(22(5)6)34(31(17-26)23(7)8)28-14-13-15-29(36(28)37)35-32(24(9)10)18-27(21(3)4)19-33(35)25(11)12;1-3-5-6-13-17-30-22(4-2)20-28-21-29-16-12-10-8-7-9-11-14-23-19-24(25(28)15-18-29)26(31-23)27(28)30;1-2-5-9-14-27-16-13-23-22-17-21(12-8-3-1)29-24(22)25-26(23,19-27)18-20-11-7-4-6-10-15-28(20)25;7-4-2-1-3-5(8)6(4)9;1-5(2,3)4;1-2-4-5-3-1;/h13-25,37H,1-12H3;3-4,7,9,19,22,25,27H,1-2,5-6,8,10-18,20-21H2;1,3,7,11,17,20,23,25H,2,4-6,8-10,12-16,18-19H2;1-3H;1H,2-4H3;1-4H;/q;;;;;-1;/b;9-7-;3-1-,11-7-;;;;. The van der Waals surface area contributed by atoms with Gasteiger partial charge in [0.2, 0.25) is 0 Å². The molecule has 9 nitrogen and oxygen atoms in total. The van der Waals surface area contributed by atoms with Gasteiger partial charge in [0.1, 0.15) is 28.8 Å². The molecule has 10 aliphatic heterocycles. The summed E-state index contributed by atoms with van der Waals surface area (Å²) in [7, 11) is 0. The predicted octanol–water partition coefficient (Wildman–Crippen LogP) is 28.8. The molecule has 4 aromatic carbocycles. The van der Waals surface area contributed by atoms with Crippen LogP contribution in [0.4, 0.5) is 5.69 Å². The van der Waals surface area contributed by atoms with Crippen molar-refractivity contribution in [1.29, 1.82) is 0 Å². The number of halogens is 2. The number of phenolic OH excluding ortho intramolecular Hbond substituents is 1. The molecule has 0 saturated carbocycles. The third-order valence-corrected chi connectivity index (χ3v) is 31.3. The zero-order valence-corrected chi connectivity index (χ0v) is 78.6. The molecule has 12 bridgehead atoms. The summed E-state index contributed by atoms with van der Waals surface area (Å²) >= 11 is 11.2. The van der Waals surface area contributed by atoms with Crippen molar-refractivity contribution in [1.82, 2.24) is 24.6 Å². The average Bonchev–Trinajstić information content (AvgIpc) is 1.55. The summed E-state index contributed by atoms with van der Waals surface area (Å²) in [6.45, 7) is 51.9. The van der Waals surface area contributed by atoms with Crippen molar-refractivity contribution in [3.8, 4) is 28.0 Å². The topological polar surface area (TPSA) is 85.9 Å². The summed E-state index contributed by atoms with van der Waals surface area (Å²) in [6.07, 6.45) is 47.1. The number of unbranched alkanes of at least 4 members (excludes halogenated alkanes) is 2. The van der Waals surface area contributed by atoms with Gasteiger partial charge in [-0.05, 0) is 270 Å². The van der Waals surface area contributed by atoms with Crippen LogP contribution in [0.2, 0.25) is 10.0 Å². The first-order chi connectivity index (χ1) is 56.3. The van der Waals surface area contributed by atoms with Crippen molar-refractivity contribution < 1.29 is 31.9 Å². The number of fused-ring (bicyclic) bond motifs is 9. The number of furan rings is 2. The third-order valence-electron chi connectivity index (χ3n) is 26.8. The summed E-state index contributed by atoms with van der Waals surface area (Å²) in [5, 5.41) is 13.4. The minimum Gasteiger partial charge on any atom is -0.670 e. The molecular weight excluding hydrogens is 1650 g/mol. The SMILES string of the molecule is C1=C\CCc2cc3c(o2)C2N4CCCC/C=C\C4CC24CN(CCCC/1)CCC34.C=CCCCCN1C(C=C)CC23CN4CCCC/C=C\CCc5cc(c(o5)C12)C3CC4.CC(C)(C)[CH]=[W]=[N]c1c(Cl)cccc1Cl.CC(C)c1cc(C(C)C)c(-c2cccc(-c3c(C(C)C)cc(C(C)C)cc3C(C)C)c2O)c(C(C)C)c1.c1cc[n-]c1. The molecule has 117 heavy (non-hydrogen) atoms. The minimum absolute atomic E-state index is 0.238. The van der Waals surface area contributed by atoms with Crippen LogP contribution >= 0.6 is 23.2 Å². The molecule has 7 aromatic rings. The molecular formula is C105H143Cl2N6O3W-. The Labute approximate surface area is 725 Å². The molecule has 10 atom stereocenters. The Morgan fingerprint density at radius 3 is 1.50 bits per heavy atom. The van der Waals surface area contributed by atoms with Gasteiger partial charge in [-0.1, -0.05) is 186 Å². The zero-order valence-electron chi connectivity index (χ0n) is 74.2. The van der Waals surface area contributed by atoms with Crippen LogP contribution in [0, 0.1) is 16.2 Å². The number of aromatic nitrogens is 1. The summed E-state index contributed by atoms with van der Waals surface area (Å²) in [4.78, 5) is 14.9. The number of rotatable bonds is 15. The number of aryl methyl sites for hydroxylation is 2. The quantitative estimate of drug-likeness (QED) is 0.0803. The van der Waals surface area contributed by atoms with Gasteiger partial charge in [-0.25, -0.2) is 0 Å². The Hall–Kier alpha value is -6.00. The van der Waals surface area contributed by atoms with Gasteiger partial charge in [0.15, 0.2) is 0 Å². The molecule has 0 radical (unpaired) electrons. The van der Waals surface area contributed by atoms with Gasteiger partial charge < -0.3 is 28.7 Å². The van der Waals surface area contributed by atoms with Crippen LogP contribution in [-0.2, 0) is 30.8 Å². The molecule has 2 aliphatic carbocycles. The molecule has 10 unspecified atom stereocenters. The van der Waals surface area contributed by atoms with Crippen LogP contribution in [0.25, 0.3) is 22.3 Å². The Morgan fingerprint density at radius 2 is 1.03 bits per heavy atom. The normalized spacial score (nSPS) is 25.6. The van der Waals surface area contributed by atoms with Gasteiger partial charge >= 0.3 is 109 Å². The molecule has 1 N–H and O–H groups in total. The van der Waals surface area contributed by atoms with E-state index in [4.69, 9.17) is 32.0 Å². The first kappa shape index (κ1) is 90.2. The molecule has 3 aromatic heterocycles. The van der Waals surface area contributed by atoms with Crippen molar-refractivity contribution in [2.75, 3.05) is 52.4 Å². The second-order valence-electron chi connectivity index (χ2n) is 38.4. The molecule has 19 rings (SSSR count). The molecule has 4 saturated heterocycles. The van der Waals surface area contributed by atoms with E-state index < -0.39 is 17.9 Å². The van der Waals surface area contributed by atoms with E-state index in [2.05, 4.69) is 253 Å². The number of nitrogens with zero attached hydrogens (tertiary/aromatic N) is 6. The Morgan fingerprint density at radius 1 is 0.564 bits per heavy atom. The molecule has 13 heterocycles. The van der Waals surface area contributed by atoms with Gasteiger partial charge in [0, 0.05) is 60.0 Å². The number of benzene rings is 4. The zero-order chi connectivity index (χ0) is 83.3. The van der Waals surface area contributed by atoms with Gasteiger partial charge in [-0.3, -0.25) is 9.80 Å². The third kappa shape index (κ3) is 21.0. The number of likely N-dealkylation sites (tertiary alicyclic amines) is 1. The molecule has 12 aliphatic rings. The Kier molecular flexibility index (Phi) is 31.8. The van der Waals surface area contributed by atoms with Gasteiger partial charge in [0.25, 0.3) is 0 Å². The number of aromatic hydroxyl groups is 1. The monoisotopic (exact) mass is 1790 g/mol. The van der Waals surface area contributed by atoms with Gasteiger partial charge in [-0.15, -0.1) is 13.2 Å². The number of phenols is 1. The fourth-order valence-corrected chi connectivity index (χ4v) is 24.3. The summed E-state index contributed by atoms with van der Waals surface area (Å²) in [6, 6.07) is 32.1. The van der Waals surface area contributed by atoms with Crippen LogP contribution in [0.5, 0.6) is 5.75 Å². The first-order valence-corrected chi connectivity index (χ1v) is 49.3. The van der Waals surface area contributed by atoms with Gasteiger partial charge in [-0.2, -0.15) is 12.4 Å². The summed E-state index contributed by atoms with van der Waals surface area (Å²) in [5.74, 6) is 9.24.